The largest absolute Gasteiger partial charge is 0.493 e. The van der Waals surface area contributed by atoms with Gasteiger partial charge in [-0.3, -0.25) is 0 Å². The minimum atomic E-state index is 0.622. The summed E-state index contributed by atoms with van der Waals surface area (Å²) in [6.07, 6.45) is 4.56. The van der Waals surface area contributed by atoms with Crippen LogP contribution < -0.4 is 10.1 Å². The Hall–Kier alpha value is -1.02. The standard InChI is InChI=1S/C14H21NO/c1-3-13(15-2)8-7-11-5-4-6-12-9-10-16-14(11)12/h4-6,13,15H,3,7-10H2,1-2H3. The van der Waals surface area contributed by atoms with Crippen molar-refractivity contribution in [2.75, 3.05) is 13.7 Å². The van der Waals surface area contributed by atoms with E-state index in [9.17, 15) is 0 Å². The highest BCUT2D eigenvalue weighted by molar-refractivity contribution is 5.44. The highest BCUT2D eigenvalue weighted by Crippen LogP contribution is 2.30. The Morgan fingerprint density at radius 2 is 2.31 bits per heavy atom. The molecule has 2 heteroatoms. The highest BCUT2D eigenvalue weighted by Gasteiger charge is 2.16. The van der Waals surface area contributed by atoms with Crippen molar-refractivity contribution < 1.29 is 4.74 Å². The molecule has 1 atom stereocenters. The second-order valence-corrected chi connectivity index (χ2v) is 4.44. The van der Waals surface area contributed by atoms with E-state index in [4.69, 9.17) is 4.74 Å². The molecule has 88 valence electrons. The minimum absolute atomic E-state index is 0.622. The Morgan fingerprint density at radius 1 is 1.44 bits per heavy atom. The van der Waals surface area contributed by atoms with Crippen LogP contribution in [0.4, 0.5) is 0 Å². The van der Waals surface area contributed by atoms with Crippen molar-refractivity contribution in [3.63, 3.8) is 0 Å². The average Bonchev–Trinajstić information content (AvgIpc) is 2.79. The van der Waals surface area contributed by atoms with Gasteiger partial charge < -0.3 is 10.1 Å². The first-order valence-electron chi connectivity index (χ1n) is 6.26. The van der Waals surface area contributed by atoms with Gasteiger partial charge in [-0.15, -0.1) is 0 Å². The molecule has 1 aliphatic rings. The summed E-state index contributed by atoms with van der Waals surface area (Å²) in [4.78, 5) is 0. The van der Waals surface area contributed by atoms with Crippen LogP contribution in [0.5, 0.6) is 5.75 Å². The molecule has 1 aliphatic heterocycles. The molecule has 0 spiro atoms. The predicted octanol–water partition coefficient (Wildman–Crippen LogP) is 2.55. The molecule has 1 unspecified atom stereocenters. The molecule has 2 rings (SSSR count). The lowest BCUT2D eigenvalue weighted by Crippen LogP contribution is -2.24. The SMILES string of the molecule is CCC(CCc1cccc2c1OCC2)NC. The van der Waals surface area contributed by atoms with Crippen LogP contribution in [0.15, 0.2) is 18.2 Å². The monoisotopic (exact) mass is 219 g/mol. The topological polar surface area (TPSA) is 21.3 Å². The number of nitrogens with one attached hydrogen (secondary N) is 1. The fourth-order valence-corrected chi connectivity index (χ4v) is 2.36. The Morgan fingerprint density at radius 3 is 3.06 bits per heavy atom. The minimum Gasteiger partial charge on any atom is -0.493 e. The second-order valence-electron chi connectivity index (χ2n) is 4.44. The van der Waals surface area contributed by atoms with Gasteiger partial charge in [-0.25, -0.2) is 0 Å². The molecule has 0 aromatic heterocycles. The lowest BCUT2D eigenvalue weighted by atomic mass is 10.0. The van der Waals surface area contributed by atoms with E-state index >= 15 is 0 Å². The third-order valence-electron chi connectivity index (χ3n) is 3.46. The summed E-state index contributed by atoms with van der Waals surface area (Å²) in [7, 11) is 2.04. The molecule has 0 amide bonds. The van der Waals surface area contributed by atoms with Gasteiger partial charge in [-0.05, 0) is 37.4 Å². The van der Waals surface area contributed by atoms with Gasteiger partial charge in [0.1, 0.15) is 5.75 Å². The number of fused-ring (bicyclic) bond motifs is 1. The molecule has 0 bridgehead atoms. The fraction of sp³-hybridized carbons (Fsp3) is 0.571. The van der Waals surface area contributed by atoms with Crippen LogP contribution in [-0.2, 0) is 12.8 Å². The predicted molar refractivity (Wildman–Crippen MR) is 67.1 cm³/mol. The first-order chi connectivity index (χ1) is 7.85. The van der Waals surface area contributed by atoms with Gasteiger partial charge >= 0.3 is 0 Å². The summed E-state index contributed by atoms with van der Waals surface area (Å²) in [5.41, 5.74) is 2.76. The molecule has 0 saturated carbocycles. The lowest BCUT2D eigenvalue weighted by Gasteiger charge is -2.14. The average molecular weight is 219 g/mol. The Bertz CT molecular complexity index is 345. The van der Waals surface area contributed by atoms with E-state index in [2.05, 4.69) is 30.4 Å². The molecule has 16 heavy (non-hydrogen) atoms. The molecular formula is C14H21NO. The zero-order valence-electron chi connectivity index (χ0n) is 10.3. The quantitative estimate of drug-likeness (QED) is 0.821. The van der Waals surface area contributed by atoms with E-state index in [-0.39, 0.29) is 0 Å². The van der Waals surface area contributed by atoms with Gasteiger partial charge in [-0.2, -0.15) is 0 Å². The number of hydrogen-bond donors (Lipinski definition) is 1. The summed E-state index contributed by atoms with van der Waals surface area (Å²) < 4.78 is 5.71. The molecule has 0 aliphatic carbocycles. The maximum atomic E-state index is 5.71. The molecule has 1 N–H and O–H groups in total. The normalized spacial score (nSPS) is 15.6. The Balaban J connectivity index is 2.02. The van der Waals surface area contributed by atoms with Gasteiger partial charge in [0.05, 0.1) is 6.61 Å². The van der Waals surface area contributed by atoms with E-state index < -0.39 is 0 Å². The number of ether oxygens (including phenoxy) is 1. The number of aryl methyl sites for hydroxylation is 1. The van der Waals surface area contributed by atoms with E-state index in [0.29, 0.717) is 6.04 Å². The van der Waals surface area contributed by atoms with Crippen LogP contribution in [0.1, 0.15) is 30.9 Å². The van der Waals surface area contributed by atoms with Crippen molar-refractivity contribution in [3.05, 3.63) is 29.3 Å². The second kappa shape index (κ2) is 5.35. The van der Waals surface area contributed by atoms with Crippen molar-refractivity contribution in [2.24, 2.45) is 0 Å². The van der Waals surface area contributed by atoms with Gasteiger partial charge in [0.15, 0.2) is 0 Å². The zero-order valence-corrected chi connectivity index (χ0v) is 10.3. The van der Waals surface area contributed by atoms with Gasteiger partial charge in [0.25, 0.3) is 0 Å². The van der Waals surface area contributed by atoms with Crippen molar-refractivity contribution in [1.82, 2.24) is 5.32 Å². The van der Waals surface area contributed by atoms with Crippen molar-refractivity contribution in [2.45, 2.75) is 38.6 Å². The molecule has 1 aromatic carbocycles. The van der Waals surface area contributed by atoms with Crippen LogP contribution in [0, 0.1) is 0 Å². The van der Waals surface area contributed by atoms with E-state index in [1.165, 1.54) is 24.0 Å². The third kappa shape index (κ3) is 2.38. The molecule has 0 radical (unpaired) electrons. The van der Waals surface area contributed by atoms with E-state index in [1.54, 1.807) is 0 Å². The fourth-order valence-electron chi connectivity index (χ4n) is 2.36. The first kappa shape index (κ1) is 11.5. The van der Waals surface area contributed by atoms with Crippen molar-refractivity contribution in [1.29, 1.82) is 0 Å². The van der Waals surface area contributed by atoms with Crippen molar-refractivity contribution in [3.8, 4) is 5.75 Å². The van der Waals surface area contributed by atoms with Crippen LogP contribution in [-0.4, -0.2) is 19.7 Å². The first-order valence-corrected chi connectivity index (χ1v) is 6.26. The van der Waals surface area contributed by atoms with E-state index in [1.807, 2.05) is 7.05 Å². The van der Waals surface area contributed by atoms with Gasteiger partial charge in [0.2, 0.25) is 0 Å². The van der Waals surface area contributed by atoms with Crippen LogP contribution >= 0.6 is 0 Å². The summed E-state index contributed by atoms with van der Waals surface area (Å²) >= 11 is 0. The summed E-state index contributed by atoms with van der Waals surface area (Å²) in [5, 5.41) is 3.35. The van der Waals surface area contributed by atoms with Crippen LogP contribution in [0.25, 0.3) is 0 Å². The summed E-state index contributed by atoms with van der Waals surface area (Å²) in [5.74, 6) is 1.16. The maximum absolute atomic E-state index is 5.71. The molecular weight excluding hydrogens is 198 g/mol. The van der Waals surface area contributed by atoms with E-state index in [0.717, 1.165) is 25.2 Å². The molecule has 0 fully saturated rings. The number of hydrogen-bond acceptors (Lipinski definition) is 2. The summed E-state index contributed by atoms with van der Waals surface area (Å²) in [6, 6.07) is 7.16. The summed E-state index contributed by atoms with van der Waals surface area (Å²) in [6.45, 7) is 3.09. The van der Waals surface area contributed by atoms with Gasteiger partial charge in [-0.1, -0.05) is 25.1 Å². The number of benzene rings is 1. The highest BCUT2D eigenvalue weighted by atomic mass is 16.5. The van der Waals surface area contributed by atoms with Crippen LogP contribution in [0.3, 0.4) is 0 Å². The lowest BCUT2D eigenvalue weighted by molar-refractivity contribution is 0.352. The molecule has 1 aromatic rings. The number of rotatable bonds is 5. The molecule has 0 saturated heterocycles. The Labute approximate surface area is 98.0 Å². The molecule has 1 heterocycles. The zero-order chi connectivity index (χ0) is 11.4. The van der Waals surface area contributed by atoms with Gasteiger partial charge in [0, 0.05) is 12.5 Å². The third-order valence-corrected chi connectivity index (χ3v) is 3.46. The smallest absolute Gasteiger partial charge is 0.125 e. The maximum Gasteiger partial charge on any atom is 0.125 e. The molecule has 2 nitrogen and oxygen atoms in total. The van der Waals surface area contributed by atoms with Crippen molar-refractivity contribution >= 4 is 0 Å². The Kier molecular flexibility index (Phi) is 3.83. The van der Waals surface area contributed by atoms with Crippen LogP contribution in [0.2, 0.25) is 0 Å². The number of para-hydroxylation sites is 1.